The molecule has 0 aromatic carbocycles. The van der Waals surface area contributed by atoms with Gasteiger partial charge in [0.2, 0.25) is 11.9 Å². The number of nitrogens with one attached hydrogen (secondary N) is 1. The number of rotatable bonds is 6. The molecule has 146 valence electrons. The van der Waals surface area contributed by atoms with Crippen molar-refractivity contribution in [3.63, 3.8) is 0 Å². The molecule has 0 spiro atoms. The Labute approximate surface area is 159 Å². The van der Waals surface area contributed by atoms with Gasteiger partial charge in [-0.05, 0) is 12.5 Å². The summed E-state index contributed by atoms with van der Waals surface area (Å²) < 4.78 is 7.24. The van der Waals surface area contributed by atoms with Crippen molar-refractivity contribution in [2.24, 2.45) is 7.05 Å². The number of carbonyl (C=O) groups is 1. The molecule has 0 fully saturated rings. The quantitative estimate of drug-likeness (QED) is 0.807. The van der Waals surface area contributed by atoms with Crippen LogP contribution in [0.15, 0.2) is 12.3 Å². The van der Waals surface area contributed by atoms with Crippen LogP contribution in [-0.2, 0) is 29.5 Å². The Hall–Kier alpha value is -2.68. The molecule has 3 heterocycles. The normalized spacial score (nSPS) is 14.6. The van der Waals surface area contributed by atoms with E-state index in [0.717, 1.165) is 29.2 Å². The third-order valence-corrected chi connectivity index (χ3v) is 4.76. The lowest BCUT2D eigenvalue weighted by atomic mass is 10.0. The van der Waals surface area contributed by atoms with Crippen LogP contribution < -0.4 is 10.2 Å². The van der Waals surface area contributed by atoms with Gasteiger partial charge >= 0.3 is 0 Å². The third kappa shape index (κ3) is 4.02. The zero-order chi connectivity index (χ0) is 19.6. The highest BCUT2D eigenvalue weighted by Crippen LogP contribution is 2.28. The molecule has 1 atom stereocenters. The van der Waals surface area contributed by atoms with Gasteiger partial charge in [0.25, 0.3) is 0 Å². The van der Waals surface area contributed by atoms with Crippen LogP contribution in [0.4, 0.5) is 11.8 Å². The van der Waals surface area contributed by atoms with Crippen LogP contribution in [0.2, 0.25) is 0 Å². The first kappa shape index (κ1) is 19.1. The number of methoxy groups -OCH3 is 1. The van der Waals surface area contributed by atoms with E-state index in [0.29, 0.717) is 25.6 Å². The van der Waals surface area contributed by atoms with Crippen molar-refractivity contribution >= 4 is 17.7 Å². The lowest BCUT2D eigenvalue weighted by Crippen LogP contribution is -2.36. The predicted octanol–water partition coefficient (Wildman–Crippen LogP) is 0.980. The minimum Gasteiger partial charge on any atom is -0.382 e. The van der Waals surface area contributed by atoms with Crippen molar-refractivity contribution in [2.45, 2.75) is 25.9 Å². The molecule has 9 heteroatoms. The molecule has 2 aromatic rings. The van der Waals surface area contributed by atoms with Gasteiger partial charge in [0.05, 0.1) is 30.6 Å². The lowest BCUT2D eigenvalue weighted by molar-refractivity contribution is -0.129. The summed E-state index contributed by atoms with van der Waals surface area (Å²) in [6.07, 6.45) is 2.49. The number of anilines is 2. The van der Waals surface area contributed by atoms with Crippen molar-refractivity contribution in [1.82, 2.24) is 24.6 Å². The predicted molar refractivity (Wildman–Crippen MR) is 103 cm³/mol. The molecule has 3 rings (SSSR count). The second-order valence-corrected chi connectivity index (χ2v) is 6.91. The zero-order valence-corrected chi connectivity index (χ0v) is 16.6. The van der Waals surface area contributed by atoms with E-state index in [-0.39, 0.29) is 11.9 Å². The van der Waals surface area contributed by atoms with Crippen molar-refractivity contribution in [1.29, 1.82) is 0 Å². The van der Waals surface area contributed by atoms with Crippen molar-refractivity contribution in [3.8, 4) is 0 Å². The number of carbonyl (C=O) groups excluding carboxylic acids is 1. The van der Waals surface area contributed by atoms with Crippen LogP contribution in [0.3, 0.4) is 0 Å². The van der Waals surface area contributed by atoms with E-state index < -0.39 is 0 Å². The second-order valence-electron chi connectivity index (χ2n) is 6.91. The second kappa shape index (κ2) is 7.91. The number of fused-ring (bicyclic) bond motifs is 1. The minimum atomic E-state index is -0.0950. The molecular formula is C18H27N7O2. The lowest BCUT2D eigenvalue weighted by Gasteiger charge is -2.30. The first-order valence-corrected chi connectivity index (χ1v) is 8.96. The minimum absolute atomic E-state index is 0.0623. The van der Waals surface area contributed by atoms with Crippen molar-refractivity contribution in [2.75, 3.05) is 44.6 Å². The van der Waals surface area contributed by atoms with Gasteiger partial charge in [0.15, 0.2) is 0 Å². The Balaban J connectivity index is 1.98. The maximum Gasteiger partial charge on any atom is 0.227 e. The van der Waals surface area contributed by atoms with Crippen LogP contribution in [-0.4, -0.2) is 64.9 Å². The Kier molecular flexibility index (Phi) is 5.59. The van der Waals surface area contributed by atoms with Crippen LogP contribution in [0.1, 0.15) is 29.9 Å². The summed E-state index contributed by atoms with van der Waals surface area (Å²) in [5.41, 5.74) is 2.96. The summed E-state index contributed by atoms with van der Waals surface area (Å²) in [6, 6.07) is 1.87. The molecule has 9 nitrogen and oxygen atoms in total. The van der Waals surface area contributed by atoms with Gasteiger partial charge in [-0.1, -0.05) is 0 Å². The molecule has 0 saturated heterocycles. The Morgan fingerprint density at radius 3 is 2.78 bits per heavy atom. The highest BCUT2D eigenvalue weighted by Gasteiger charge is 2.26. The van der Waals surface area contributed by atoms with Crippen molar-refractivity contribution < 1.29 is 9.53 Å². The zero-order valence-electron chi connectivity index (χ0n) is 16.6. The molecule has 0 unspecified atom stereocenters. The maximum atomic E-state index is 11.8. The number of amides is 1. The van der Waals surface area contributed by atoms with Gasteiger partial charge in [0.1, 0.15) is 5.82 Å². The molecule has 1 N–H and O–H groups in total. The van der Waals surface area contributed by atoms with E-state index in [2.05, 4.69) is 15.4 Å². The summed E-state index contributed by atoms with van der Waals surface area (Å²) in [5.74, 6) is 1.46. The topological polar surface area (TPSA) is 88.4 Å². The molecule has 0 aliphatic carbocycles. The molecule has 27 heavy (non-hydrogen) atoms. The van der Waals surface area contributed by atoms with E-state index in [1.807, 2.05) is 41.7 Å². The van der Waals surface area contributed by atoms with Gasteiger partial charge in [-0.2, -0.15) is 10.1 Å². The van der Waals surface area contributed by atoms with Crippen LogP contribution >= 0.6 is 0 Å². The smallest absolute Gasteiger partial charge is 0.227 e. The molecule has 1 amide bonds. The van der Waals surface area contributed by atoms with E-state index in [4.69, 9.17) is 9.72 Å². The molecule has 1 aliphatic heterocycles. The summed E-state index contributed by atoms with van der Waals surface area (Å²) >= 11 is 0. The molecule has 0 radical (unpaired) electrons. The first-order chi connectivity index (χ1) is 12.9. The Morgan fingerprint density at radius 1 is 1.41 bits per heavy atom. The third-order valence-electron chi connectivity index (χ3n) is 4.76. The largest absolute Gasteiger partial charge is 0.382 e. The van der Waals surface area contributed by atoms with Gasteiger partial charge in [-0.15, -0.1) is 0 Å². The number of nitrogens with zero attached hydrogens (tertiary/aromatic N) is 6. The summed E-state index contributed by atoms with van der Waals surface area (Å²) in [4.78, 5) is 24.9. The van der Waals surface area contributed by atoms with Gasteiger partial charge < -0.3 is 19.9 Å². The fourth-order valence-corrected chi connectivity index (χ4v) is 3.26. The monoisotopic (exact) mass is 373 g/mol. The Bertz CT molecular complexity index is 818. The van der Waals surface area contributed by atoms with E-state index in [1.165, 1.54) is 0 Å². The fraction of sp³-hybridized carbons (Fsp3) is 0.556. The van der Waals surface area contributed by atoms with Gasteiger partial charge in [-0.3, -0.25) is 9.48 Å². The number of aryl methyl sites for hydroxylation is 1. The summed E-state index contributed by atoms with van der Waals surface area (Å²) in [7, 11) is 7.40. The highest BCUT2D eigenvalue weighted by atomic mass is 16.5. The average molecular weight is 373 g/mol. The molecule has 0 bridgehead atoms. The SMILES string of the molecule is COC[C@@H](Nc1nc(N(C)C)nc2c1CCN(C(C)=O)C2)c1ccnn1C. The van der Waals surface area contributed by atoms with E-state index in [9.17, 15) is 4.79 Å². The standard InChI is InChI=1S/C18H27N7O2/c1-12(26)25-9-7-13-14(10-25)21-18(23(2)3)22-17(13)20-15(11-27-5)16-6-8-19-24(16)4/h6,8,15H,7,9-11H2,1-5H3,(H,20,21,22)/t15-/m1/s1. The van der Waals surface area contributed by atoms with Crippen molar-refractivity contribution in [3.05, 3.63) is 29.2 Å². The average Bonchev–Trinajstić information content (AvgIpc) is 3.06. The van der Waals surface area contributed by atoms with E-state index >= 15 is 0 Å². The molecule has 0 saturated carbocycles. The van der Waals surface area contributed by atoms with Gasteiger partial charge in [0, 0.05) is 53.5 Å². The number of hydrogen-bond donors (Lipinski definition) is 1. The number of hydrogen-bond acceptors (Lipinski definition) is 7. The van der Waals surface area contributed by atoms with Crippen LogP contribution in [0.5, 0.6) is 0 Å². The maximum absolute atomic E-state index is 11.8. The first-order valence-electron chi connectivity index (χ1n) is 8.96. The Morgan fingerprint density at radius 2 is 2.19 bits per heavy atom. The number of aromatic nitrogens is 4. The summed E-state index contributed by atoms with van der Waals surface area (Å²) in [5, 5.41) is 7.78. The van der Waals surface area contributed by atoms with Gasteiger partial charge in [-0.25, -0.2) is 4.98 Å². The summed E-state index contributed by atoms with van der Waals surface area (Å²) in [6.45, 7) is 3.25. The molecular weight excluding hydrogens is 346 g/mol. The molecule has 1 aliphatic rings. The highest BCUT2D eigenvalue weighted by molar-refractivity contribution is 5.73. The van der Waals surface area contributed by atoms with E-state index in [1.54, 1.807) is 20.2 Å². The fourth-order valence-electron chi connectivity index (χ4n) is 3.26. The number of ether oxygens (including phenoxy) is 1. The molecule has 2 aromatic heterocycles. The van der Waals surface area contributed by atoms with Crippen LogP contribution in [0.25, 0.3) is 0 Å². The van der Waals surface area contributed by atoms with Crippen LogP contribution in [0, 0.1) is 0 Å².